The van der Waals surface area contributed by atoms with E-state index in [-0.39, 0.29) is 12.0 Å². The molecule has 1 amide bonds. The summed E-state index contributed by atoms with van der Waals surface area (Å²) in [7, 11) is 0. The maximum atomic E-state index is 11.4. The van der Waals surface area contributed by atoms with Crippen molar-refractivity contribution in [3.63, 3.8) is 0 Å². The van der Waals surface area contributed by atoms with E-state index in [9.17, 15) is 4.79 Å². The summed E-state index contributed by atoms with van der Waals surface area (Å²) in [6.45, 7) is 9.50. The molecule has 0 fully saturated rings. The molecule has 3 heteroatoms. The van der Waals surface area contributed by atoms with Crippen LogP contribution in [0.4, 0.5) is 4.79 Å². The minimum absolute atomic E-state index is 0.252. The minimum atomic E-state index is -0.487. The predicted molar refractivity (Wildman–Crippen MR) is 61.4 cm³/mol. The highest BCUT2D eigenvalue weighted by Gasteiger charge is 2.20. The van der Waals surface area contributed by atoms with Crippen LogP contribution in [0, 0.1) is 18.3 Å². The summed E-state index contributed by atoms with van der Waals surface area (Å²) in [6, 6.07) is -0.259. The van der Waals surface area contributed by atoms with Gasteiger partial charge in [0.05, 0.1) is 6.04 Å². The molecule has 0 aromatic rings. The summed E-state index contributed by atoms with van der Waals surface area (Å²) in [5, 5.41) is 2.68. The summed E-state index contributed by atoms with van der Waals surface area (Å²) in [5.41, 5.74) is -0.487. The van der Waals surface area contributed by atoms with Gasteiger partial charge in [0.15, 0.2) is 0 Å². The number of hydrogen-bond donors (Lipinski definition) is 1. The third kappa shape index (κ3) is 6.01. The lowest BCUT2D eigenvalue weighted by Crippen LogP contribution is -2.41. The Morgan fingerprint density at radius 1 is 1.53 bits per heavy atom. The molecular formula is C12H21NO2. The molecule has 0 radical (unpaired) electrons. The fraction of sp³-hybridized carbons (Fsp3) is 0.750. The van der Waals surface area contributed by atoms with E-state index in [0.717, 1.165) is 6.42 Å². The van der Waals surface area contributed by atoms with Crippen molar-refractivity contribution in [3.05, 3.63) is 0 Å². The molecule has 3 nitrogen and oxygen atoms in total. The van der Waals surface area contributed by atoms with E-state index >= 15 is 0 Å². The number of alkyl carbamates (subject to hydrolysis) is 1. The molecule has 0 aromatic heterocycles. The van der Waals surface area contributed by atoms with Crippen molar-refractivity contribution in [1.82, 2.24) is 5.32 Å². The van der Waals surface area contributed by atoms with Gasteiger partial charge in [0, 0.05) is 0 Å². The van der Waals surface area contributed by atoms with E-state index in [1.165, 1.54) is 0 Å². The zero-order valence-electron chi connectivity index (χ0n) is 10.3. The first-order valence-electron chi connectivity index (χ1n) is 5.25. The number of hydrogen-bond acceptors (Lipinski definition) is 2. The number of amides is 1. The number of terminal acetylenes is 1. The van der Waals surface area contributed by atoms with Crippen molar-refractivity contribution < 1.29 is 9.53 Å². The standard InChI is InChI=1S/C12H21NO2/c1-7-9(3)10(8-2)13-11(14)15-12(4,5)6/h2,9-10H,7H2,1,3-6H3,(H,13,14)/t9?,10-/m1/s1. The van der Waals surface area contributed by atoms with Crippen LogP contribution < -0.4 is 5.32 Å². The fourth-order valence-electron chi connectivity index (χ4n) is 1.02. The molecule has 0 saturated carbocycles. The second-order valence-electron chi connectivity index (χ2n) is 4.68. The molecule has 0 spiro atoms. The summed E-state index contributed by atoms with van der Waals surface area (Å²) < 4.78 is 5.12. The van der Waals surface area contributed by atoms with E-state index in [1.54, 1.807) is 0 Å². The number of nitrogens with one attached hydrogen (secondary N) is 1. The highest BCUT2D eigenvalue weighted by atomic mass is 16.6. The van der Waals surface area contributed by atoms with Crippen LogP contribution in [-0.4, -0.2) is 17.7 Å². The molecule has 1 unspecified atom stereocenters. The first-order chi connectivity index (χ1) is 6.80. The normalized spacial score (nSPS) is 14.9. The first-order valence-corrected chi connectivity index (χ1v) is 5.25. The van der Waals surface area contributed by atoms with Gasteiger partial charge in [-0.3, -0.25) is 0 Å². The van der Waals surface area contributed by atoms with Crippen LogP contribution in [0.25, 0.3) is 0 Å². The van der Waals surface area contributed by atoms with Crippen LogP contribution in [0.2, 0.25) is 0 Å². The second-order valence-corrected chi connectivity index (χ2v) is 4.68. The van der Waals surface area contributed by atoms with Crippen LogP contribution in [0.3, 0.4) is 0 Å². The lowest BCUT2D eigenvalue weighted by Gasteiger charge is -2.23. The third-order valence-electron chi connectivity index (χ3n) is 2.06. The van der Waals surface area contributed by atoms with Crippen LogP contribution >= 0.6 is 0 Å². The van der Waals surface area contributed by atoms with Gasteiger partial charge in [-0.1, -0.05) is 26.2 Å². The molecule has 0 aliphatic heterocycles. The molecule has 1 N–H and O–H groups in total. The number of ether oxygens (including phenoxy) is 1. The van der Waals surface area contributed by atoms with Gasteiger partial charge in [0.25, 0.3) is 0 Å². The molecule has 86 valence electrons. The first kappa shape index (κ1) is 13.8. The Morgan fingerprint density at radius 2 is 2.07 bits per heavy atom. The van der Waals surface area contributed by atoms with Crippen molar-refractivity contribution >= 4 is 6.09 Å². The Kier molecular flexibility index (Phi) is 5.21. The summed E-state index contributed by atoms with van der Waals surface area (Å²) in [6.07, 6.45) is 5.81. The molecular weight excluding hydrogens is 190 g/mol. The number of carbonyl (C=O) groups excluding carboxylic acids is 1. The van der Waals surface area contributed by atoms with E-state index in [2.05, 4.69) is 11.2 Å². The molecule has 0 aliphatic carbocycles. The zero-order chi connectivity index (χ0) is 12.1. The molecule has 0 heterocycles. The summed E-state index contributed by atoms with van der Waals surface area (Å²) >= 11 is 0. The third-order valence-corrected chi connectivity index (χ3v) is 2.06. The van der Waals surface area contributed by atoms with Gasteiger partial charge in [0.2, 0.25) is 0 Å². The topological polar surface area (TPSA) is 38.3 Å². The average Bonchev–Trinajstić information content (AvgIpc) is 2.10. The van der Waals surface area contributed by atoms with Gasteiger partial charge >= 0.3 is 6.09 Å². The summed E-state index contributed by atoms with van der Waals surface area (Å²) in [5.74, 6) is 2.81. The minimum Gasteiger partial charge on any atom is -0.444 e. The Bertz CT molecular complexity index is 247. The lowest BCUT2D eigenvalue weighted by atomic mass is 10.0. The van der Waals surface area contributed by atoms with Crippen molar-refractivity contribution in [1.29, 1.82) is 0 Å². The van der Waals surface area contributed by atoms with Crippen molar-refractivity contribution in [2.24, 2.45) is 5.92 Å². The Balaban J connectivity index is 4.21. The largest absolute Gasteiger partial charge is 0.444 e. The van der Waals surface area contributed by atoms with Crippen LogP contribution in [0.15, 0.2) is 0 Å². The molecule has 0 aromatic carbocycles. The van der Waals surface area contributed by atoms with E-state index in [0.29, 0.717) is 0 Å². The monoisotopic (exact) mass is 211 g/mol. The van der Waals surface area contributed by atoms with Gasteiger partial charge < -0.3 is 10.1 Å². The molecule has 2 atom stereocenters. The summed E-state index contributed by atoms with van der Waals surface area (Å²) in [4.78, 5) is 11.4. The van der Waals surface area contributed by atoms with Crippen molar-refractivity contribution in [2.75, 3.05) is 0 Å². The molecule has 0 bridgehead atoms. The van der Waals surface area contributed by atoms with E-state index in [4.69, 9.17) is 11.2 Å². The maximum Gasteiger partial charge on any atom is 0.408 e. The van der Waals surface area contributed by atoms with Crippen molar-refractivity contribution in [3.8, 4) is 12.3 Å². The lowest BCUT2D eigenvalue weighted by molar-refractivity contribution is 0.0504. The van der Waals surface area contributed by atoms with Crippen LogP contribution in [0.1, 0.15) is 41.0 Å². The van der Waals surface area contributed by atoms with E-state index in [1.807, 2.05) is 34.6 Å². The van der Waals surface area contributed by atoms with Gasteiger partial charge in [-0.25, -0.2) is 4.79 Å². The number of carbonyl (C=O) groups is 1. The molecule has 0 saturated heterocycles. The molecule has 15 heavy (non-hydrogen) atoms. The maximum absolute atomic E-state index is 11.4. The Hall–Kier alpha value is -1.17. The van der Waals surface area contributed by atoms with E-state index < -0.39 is 11.7 Å². The quantitative estimate of drug-likeness (QED) is 0.729. The number of rotatable bonds is 3. The zero-order valence-corrected chi connectivity index (χ0v) is 10.3. The van der Waals surface area contributed by atoms with Gasteiger partial charge in [0.1, 0.15) is 5.60 Å². The Labute approximate surface area is 92.6 Å². The van der Waals surface area contributed by atoms with Crippen LogP contribution in [-0.2, 0) is 4.74 Å². The molecule has 0 rings (SSSR count). The fourth-order valence-corrected chi connectivity index (χ4v) is 1.02. The van der Waals surface area contributed by atoms with Gasteiger partial charge in [-0.05, 0) is 26.7 Å². The highest BCUT2D eigenvalue weighted by molar-refractivity contribution is 5.68. The van der Waals surface area contributed by atoms with Gasteiger partial charge in [-0.2, -0.15) is 0 Å². The second kappa shape index (κ2) is 5.65. The average molecular weight is 211 g/mol. The van der Waals surface area contributed by atoms with Crippen molar-refractivity contribution in [2.45, 2.75) is 52.7 Å². The van der Waals surface area contributed by atoms with Gasteiger partial charge in [-0.15, -0.1) is 6.42 Å². The Morgan fingerprint density at radius 3 is 2.40 bits per heavy atom. The SMILES string of the molecule is C#C[C@@H](NC(=O)OC(C)(C)C)C(C)CC. The molecule has 0 aliphatic rings. The van der Waals surface area contributed by atoms with Crippen LogP contribution in [0.5, 0.6) is 0 Å². The highest BCUT2D eigenvalue weighted by Crippen LogP contribution is 2.10. The predicted octanol–water partition coefficient (Wildman–Crippen LogP) is 2.56. The smallest absolute Gasteiger partial charge is 0.408 e.